The second-order valence-corrected chi connectivity index (χ2v) is 7.61. The molecule has 0 atom stereocenters. The van der Waals surface area contributed by atoms with Crippen LogP contribution in [0.3, 0.4) is 0 Å². The molecule has 7 heteroatoms. The van der Waals surface area contributed by atoms with Crippen LogP contribution >= 0.6 is 27.5 Å². The van der Waals surface area contributed by atoms with Crippen molar-refractivity contribution < 1.29 is 4.52 Å². The van der Waals surface area contributed by atoms with E-state index in [-0.39, 0.29) is 0 Å². The van der Waals surface area contributed by atoms with Crippen molar-refractivity contribution in [2.45, 2.75) is 0 Å². The van der Waals surface area contributed by atoms with Crippen LogP contribution in [-0.4, -0.2) is 20.1 Å². The standard InChI is InChI=1S/C21H12BrClN4O/c22-15-7-5-14(6-8-15)21-26-20(27-28-21)13-3-1-12(2-4-13)19-24-17-10-9-16(23)11-18(17)25-19/h1-11H,(H,24,25). The largest absolute Gasteiger partial charge is 0.338 e. The highest BCUT2D eigenvalue weighted by Crippen LogP contribution is 2.27. The fourth-order valence-electron chi connectivity index (χ4n) is 2.94. The van der Waals surface area contributed by atoms with Crippen LogP contribution in [0.1, 0.15) is 0 Å². The zero-order valence-electron chi connectivity index (χ0n) is 14.4. The first-order valence-corrected chi connectivity index (χ1v) is 9.68. The molecular formula is C21H12BrClN4O. The molecule has 0 aliphatic heterocycles. The Morgan fingerprint density at radius 3 is 2.32 bits per heavy atom. The molecule has 0 bridgehead atoms. The lowest BCUT2D eigenvalue weighted by Crippen LogP contribution is -1.84. The summed E-state index contributed by atoms with van der Waals surface area (Å²) < 4.78 is 6.40. The van der Waals surface area contributed by atoms with Crippen LogP contribution in [0.4, 0.5) is 0 Å². The number of halogens is 2. The van der Waals surface area contributed by atoms with Crippen molar-refractivity contribution in [2.24, 2.45) is 0 Å². The fraction of sp³-hybridized carbons (Fsp3) is 0. The molecule has 5 nitrogen and oxygen atoms in total. The summed E-state index contributed by atoms with van der Waals surface area (Å²) in [6, 6.07) is 21.2. The van der Waals surface area contributed by atoms with Gasteiger partial charge in [-0.2, -0.15) is 4.98 Å². The van der Waals surface area contributed by atoms with Gasteiger partial charge in [-0.25, -0.2) is 4.98 Å². The van der Waals surface area contributed by atoms with E-state index in [2.05, 4.69) is 36.0 Å². The second-order valence-electron chi connectivity index (χ2n) is 6.25. The van der Waals surface area contributed by atoms with Crippen LogP contribution < -0.4 is 0 Å². The van der Waals surface area contributed by atoms with Gasteiger partial charge in [0.1, 0.15) is 5.82 Å². The third-order valence-corrected chi connectivity index (χ3v) is 5.14. The van der Waals surface area contributed by atoms with Crippen molar-refractivity contribution >= 4 is 38.6 Å². The molecule has 0 aliphatic rings. The smallest absolute Gasteiger partial charge is 0.258 e. The number of rotatable bonds is 3. The minimum Gasteiger partial charge on any atom is -0.338 e. The second kappa shape index (κ2) is 6.89. The van der Waals surface area contributed by atoms with Gasteiger partial charge in [0.15, 0.2) is 0 Å². The van der Waals surface area contributed by atoms with E-state index in [1.807, 2.05) is 66.7 Å². The van der Waals surface area contributed by atoms with E-state index in [9.17, 15) is 0 Å². The average Bonchev–Trinajstić information content (AvgIpc) is 3.36. The van der Waals surface area contributed by atoms with Gasteiger partial charge in [0, 0.05) is 26.2 Å². The fourth-order valence-corrected chi connectivity index (χ4v) is 3.37. The molecule has 136 valence electrons. The molecule has 3 aromatic carbocycles. The Hall–Kier alpha value is -2.96. The van der Waals surface area contributed by atoms with Gasteiger partial charge in [-0.3, -0.25) is 0 Å². The number of nitrogens with zero attached hydrogens (tertiary/aromatic N) is 3. The number of hydrogen-bond donors (Lipinski definition) is 1. The molecule has 5 aromatic rings. The van der Waals surface area contributed by atoms with Crippen molar-refractivity contribution in [3.63, 3.8) is 0 Å². The molecule has 5 rings (SSSR count). The first kappa shape index (κ1) is 17.2. The maximum absolute atomic E-state index is 6.04. The summed E-state index contributed by atoms with van der Waals surface area (Å²) in [5.41, 5.74) is 4.49. The van der Waals surface area contributed by atoms with Crippen molar-refractivity contribution in [3.8, 4) is 34.2 Å². The Morgan fingerprint density at radius 1 is 0.821 bits per heavy atom. The lowest BCUT2D eigenvalue weighted by atomic mass is 10.1. The topological polar surface area (TPSA) is 67.6 Å². The maximum atomic E-state index is 6.04. The Labute approximate surface area is 173 Å². The summed E-state index contributed by atoms with van der Waals surface area (Å²) >= 11 is 9.46. The van der Waals surface area contributed by atoms with E-state index >= 15 is 0 Å². The van der Waals surface area contributed by atoms with Gasteiger partial charge in [-0.1, -0.05) is 57.0 Å². The van der Waals surface area contributed by atoms with Gasteiger partial charge in [0.05, 0.1) is 11.0 Å². The first-order chi connectivity index (χ1) is 13.7. The zero-order valence-corrected chi connectivity index (χ0v) is 16.7. The van der Waals surface area contributed by atoms with Gasteiger partial charge < -0.3 is 9.51 Å². The van der Waals surface area contributed by atoms with Crippen LogP contribution in [0.15, 0.2) is 75.7 Å². The lowest BCUT2D eigenvalue weighted by molar-refractivity contribution is 0.432. The SMILES string of the molecule is Clc1ccc2[nH]c(-c3ccc(-c4noc(-c5ccc(Br)cc5)n4)cc3)nc2c1. The molecule has 0 fully saturated rings. The number of H-pyrrole nitrogens is 1. The number of fused-ring (bicyclic) bond motifs is 1. The van der Waals surface area contributed by atoms with E-state index in [1.54, 1.807) is 0 Å². The van der Waals surface area contributed by atoms with Gasteiger partial charge in [-0.05, 0) is 42.5 Å². The number of nitrogens with one attached hydrogen (secondary N) is 1. The molecule has 2 heterocycles. The Balaban J connectivity index is 1.44. The normalized spacial score (nSPS) is 11.2. The quantitative estimate of drug-likeness (QED) is 0.346. The number of benzene rings is 3. The zero-order chi connectivity index (χ0) is 19.1. The van der Waals surface area contributed by atoms with E-state index in [1.165, 1.54) is 0 Å². The highest BCUT2D eigenvalue weighted by molar-refractivity contribution is 9.10. The van der Waals surface area contributed by atoms with Crippen molar-refractivity contribution in [2.75, 3.05) is 0 Å². The molecule has 28 heavy (non-hydrogen) atoms. The third-order valence-electron chi connectivity index (χ3n) is 4.38. The van der Waals surface area contributed by atoms with Crippen LogP contribution in [0.5, 0.6) is 0 Å². The van der Waals surface area contributed by atoms with Crippen LogP contribution in [0.25, 0.3) is 45.3 Å². The van der Waals surface area contributed by atoms with Crippen molar-refractivity contribution in [1.82, 2.24) is 20.1 Å². The van der Waals surface area contributed by atoms with Crippen molar-refractivity contribution in [1.29, 1.82) is 0 Å². The average molecular weight is 452 g/mol. The maximum Gasteiger partial charge on any atom is 0.258 e. The molecule has 0 aliphatic carbocycles. The molecule has 0 saturated carbocycles. The number of aromatic nitrogens is 4. The molecule has 0 unspecified atom stereocenters. The summed E-state index contributed by atoms with van der Waals surface area (Å²) in [5.74, 6) is 1.81. The summed E-state index contributed by atoms with van der Waals surface area (Å²) in [6.45, 7) is 0. The molecule has 0 amide bonds. The minimum atomic E-state index is 0.487. The summed E-state index contributed by atoms with van der Waals surface area (Å²) in [7, 11) is 0. The predicted octanol–water partition coefficient (Wildman–Crippen LogP) is 6.36. The Kier molecular flexibility index (Phi) is 4.22. The van der Waals surface area contributed by atoms with Crippen molar-refractivity contribution in [3.05, 3.63) is 76.2 Å². The number of aromatic amines is 1. The van der Waals surface area contributed by atoms with Gasteiger partial charge >= 0.3 is 0 Å². The Bertz CT molecular complexity index is 1280. The lowest BCUT2D eigenvalue weighted by Gasteiger charge is -1.98. The summed E-state index contributed by atoms with van der Waals surface area (Å²) in [4.78, 5) is 12.4. The predicted molar refractivity (Wildman–Crippen MR) is 113 cm³/mol. The molecule has 0 spiro atoms. The third kappa shape index (κ3) is 3.21. The van der Waals surface area contributed by atoms with Crippen LogP contribution in [0, 0.1) is 0 Å². The molecule has 2 aromatic heterocycles. The monoisotopic (exact) mass is 450 g/mol. The van der Waals surface area contributed by atoms with E-state index in [0.717, 1.165) is 38.0 Å². The molecular weight excluding hydrogens is 440 g/mol. The molecule has 1 N–H and O–H groups in total. The van der Waals surface area contributed by atoms with Crippen LogP contribution in [-0.2, 0) is 0 Å². The van der Waals surface area contributed by atoms with E-state index < -0.39 is 0 Å². The van der Waals surface area contributed by atoms with Gasteiger partial charge in [-0.15, -0.1) is 0 Å². The first-order valence-electron chi connectivity index (χ1n) is 8.51. The van der Waals surface area contributed by atoms with Gasteiger partial charge in [0.25, 0.3) is 5.89 Å². The highest BCUT2D eigenvalue weighted by atomic mass is 79.9. The minimum absolute atomic E-state index is 0.487. The summed E-state index contributed by atoms with van der Waals surface area (Å²) in [5, 5.41) is 4.76. The molecule has 0 saturated heterocycles. The van der Waals surface area contributed by atoms with E-state index in [4.69, 9.17) is 16.1 Å². The van der Waals surface area contributed by atoms with Crippen LogP contribution in [0.2, 0.25) is 5.02 Å². The van der Waals surface area contributed by atoms with Gasteiger partial charge in [0.2, 0.25) is 5.82 Å². The highest BCUT2D eigenvalue weighted by Gasteiger charge is 2.12. The number of imidazole rings is 1. The number of hydrogen-bond acceptors (Lipinski definition) is 4. The molecule has 0 radical (unpaired) electrons. The summed E-state index contributed by atoms with van der Waals surface area (Å²) in [6.07, 6.45) is 0. The Morgan fingerprint density at radius 2 is 1.54 bits per heavy atom. The van der Waals surface area contributed by atoms with E-state index in [0.29, 0.717) is 16.7 Å².